The van der Waals surface area contributed by atoms with Crippen LogP contribution in [0.5, 0.6) is 5.75 Å². The van der Waals surface area contributed by atoms with E-state index in [1.165, 1.54) is 0 Å². The first-order valence-corrected chi connectivity index (χ1v) is 7.94. The van der Waals surface area contributed by atoms with E-state index >= 15 is 0 Å². The number of halogens is 3. The summed E-state index contributed by atoms with van der Waals surface area (Å²) in [7, 11) is 0. The van der Waals surface area contributed by atoms with Crippen molar-refractivity contribution in [2.45, 2.75) is 37.4 Å². The number of alkyl halides is 3. The first-order valence-electron chi connectivity index (χ1n) is 7.94. The highest BCUT2D eigenvalue weighted by atomic mass is 19.4. The van der Waals surface area contributed by atoms with E-state index in [-0.39, 0.29) is 34.7 Å². The summed E-state index contributed by atoms with van der Waals surface area (Å²) < 4.78 is 38.9. The molecule has 0 saturated heterocycles. The Morgan fingerprint density at radius 2 is 1.96 bits per heavy atom. The van der Waals surface area contributed by atoms with Gasteiger partial charge in [0.05, 0.1) is 16.8 Å². The van der Waals surface area contributed by atoms with Crippen molar-refractivity contribution in [2.75, 3.05) is 5.73 Å². The molecule has 1 saturated carbocycles. The number of phenols is 1. The van der Waals surface area contributed by atoms with Gasteiger partial charge in [0.1, 0.15) is 23.2 Å². The van der Waals surface area contributed by atoms with Crippen molar-refractivity contribution in [3.05, 3.63) is 35.0 Å². The molecule has 1 aromatic carbocycles. The Morgan fingerprint density at radius 1 is 1.23 bits per heavy atom. The number of aromatic nitrogens is 2. The lowest BCUT2D eigenvalue weighted by Gasteiger charge is -2.15. The number of hydrogen-bond donors (Lipinski definition) is 3. The zero-order chi connectivity index (χ0) is 19.1. The number of benzene rings is 1. The largest absolute Gasteiger partial charge is 0.507 e. The molecule has 6 nitrogen and oxygen atoms in total. The molecule has 0 spiro atoms. The van der Waals surface area contributed by atoms with Gasteiger partial charge in [0.25, 0.3) is 0 Å². The van der Waals surface area contributed by atoms with Crippen LogP contribution >= 0.6 is 0 Å². The molecule has 0 bridgehead atoms. The number of nitrogens with zero attached hydrogens (tertiary/aromatic N) is 3. The van der Waals surface area contributed by atoms with E-state index < -0.39 is 17.5 Å². The van der Waals surface area contributed by atoms with Crippen molar-refractivity contribution in [2.24, 2.45) is 5.73 Å². The Bertz CT molecular complexity index is 891. The quantitative estimate of drug-likeness (QED) is 0.754. The molecule has 2 aromatic rings. The van der Waals surface area contributed by atoms with Crippen LogP contribution in [0.2, 0.25) is 0 Å². The fraction of sp³-hybridized carbons (Fsp3) is 0.353. The second-order valence-corrected chi connectivity index (χ2v) is 6.30. The van der Waals surface area contributed by atoms with Gasteiger partial charge in [-0.1, -0.05) is 0 Å². The maximum atomic E-state index is 13.0. The summed E-state index contributed by atoms with van der Waals surface area (Å²) in [4.78, 5) is 8.21. The minimum atomic E-state index is -4.58. The minimum Gasteiger partial charge on any atom is -0.507 e. The molecule has 5 N–H and O–H groups in total. The number of anilines is 1. The minimum absolute atomic E-state index is 0.0341. The normalized spacial score (nSPS) is 20.1. The number of hydrogen-bond acceptors (Lipinski definition) is 6. The summed E-state index contributed by atoms with van der Waals surface area (Å²) >= 11 is 0. The maximum Gasteiger partial charge on any atom is 0.416 e. The standard InChI is InChI=1S/C17H16F3N5O/c18-17(19,20)9-2-4-13(26)11(6-9)16-24-14(8-1-3-10(22)5-8)12(7-21)15(23)25-16/h2,4,6,8,10,26H,1,3,5,22H2,(H2,23,24,25). The van der Waals surface area contributed by atoms with E-state index in [0.717, 1.165) is 24.6 Å². The van der Waals surface area contributed by atoms with Gasteiger partial charge in [-0.3, -0.25) is 0 Å². The molecule has 9 heteroatoms. The zero-order valence-electron chi connectivity index (χ0n) is 13.6. The molecule has 136 valence electrons. The van der Waals surface area contributed by atoms with Crippen LogP contribution in [0.4, 0.5) is 19.0 Å². The Kier molecular flexibility index (Phi) is 4.46. The molecule has 1 aliphatic rings. The number of nitriles is 1. The number of phenolic OH excluding ortho intramolecular Hbond substituents is 1. The highest BCUT2D eigenvalue weighted by molar-refractivity contribution is 5.68. The number of aromatic hydroxyl groups is 1. The highest BCUT2D eigenvalue weighted by Gasteiger charge is 2.32. The van der Waals surface area contributed by atoms with Crippen LogP contribution in [0.3, 0.4) is 0 Å². The third-order valence-corrected chi connectivity index (χ3v) is 4.50. The number of rotatable bonds is 2. The van der Waals surface area contributed by atoms with Gasteiger partial charge in [-0.05, 0) is 37.5 Å². The average Bonchev–Trinajstić information content (AvgIpc) is 2.99. The van der Waals surface area contributed by atoms with E-state index in [2.05, 4.69) is 9.97 Å². The predicted octanol–water partition coefficient (Wildman–Crippen LogP) is 2.92. The van der Waals surface area contributed by atoms with Crippen LogP contribution < -0.4 is 11.5 Å². The lowest BCUT2D eigenvalue weighted by Crippen LogP contribution is -2.15. The Labute approximate surface area is 147 Å². The first kappa shape index (κ1) is 17.9. The Morgan fingerprint density at radius 3 is 2.54 bits per heavy atom. The van der Waals surface area contributed by atoms with Crippen LogP contribution in [0, 0.1) is 11.3 Å². The van der Waals surface area contributed by atoms with Gasteiger partial charge in [0, 0.05) is 12.0 Å². The van der Waals surface area contributed by atoms with Gasteiger partial charge >= 0.3 is 6.18 Å². The van der Waals surface area contributed by atoms with E-state index in [4.69, 9.17) is 11.5 Å². The molecule has 0 amide bonds. The van der Waals surface area contributed by atoms with Crippen molar-refractivity contribution in [3.63, 3.8) is 0 Å². The van der Waals surface area contributed by atoms with Gasteiger partial charge in [-0.15, -0.1) is 0 Å². The van der Waals surface area contributed by atoms with Crippen molar-refractivity contribution in [1.82, 2.24) is 9.97 Å². The molecule has 1 fully saturated rings. The topological polar surface area (TPSA) is 122 Å². The van der Waals surface area contributed by atoms with Gasteiger partial charge in [-0.25, -0.2) is 9.97 Å². The molecule has 3 rings (SSSR count). The Balaban J connectivity index is 2.15. The van der Waals surface area contributed by atoms with Crippen molar-refractivity contribution in [3.8, 4) is 23.2 Å². The smallest absolute Gasteiger partial charge is 0.416 e. The van der Waals surface area contributed by atoms with Crippen LogP contribution in [0.25, 0.3) is 11.4 Å². The predicted molar refractivity (Wildman–Crippen MR) is 87.8 cm³/mol. The highest BCUT2D eigenvalue weighted by Crippen LogP contribution is 2.39. The summed E-state index contributed by atoms with van der Waals surface area (Å²) in [6.07, 6.45) is -2.54. The van der Waals surface area contributed by atoms with Crippen molar-refractivity contribution in [1.29, 1.82) is 5.26 Å². The monoisotopic (exact) mass is 363 g/mol. The molecule has 1 aliphatic carbocycles. The van der Waals surface area contributed by atoms with Crippen LogP contribution in [-0.2, 0) is 6.18 Å². The second-order valence-electron chi connectivity index (χ2n) is 6.30. The van der Waals surface area contributed by atoms with Gasteiger partial charge in [0.2, 0.25) is 0 Å². The fourth-order valence-corrected chi connectivity index (χ4v) is 3.18. The van der Waals surface area contributed by atoms with Gasteiger partial charge < -0.3 is 16.6 Å². The molecule has 2 atom stereocenters. The maximum absolute atomic E-state index is 13.0. The summed E-state index contributed by atoms with van der Waals surface area (Å²) in [5.41, 5.74) is 11.1. The lowest BCUT2D eigenvalue weighted by molar-refractivity contribution is -0.137. The van der Waals surface area contributed by atoms with Crippen LogP contribution in [-0.4, -0.2) is 21.1 Å². The SMILES string of the molecule is N#Cc1c(N)nc(-c2cc(C(F)(F)F)ccc2O)nc1C1CCC(N)C1. The molecule has 0 radical (unpaired) electrons. The second kappa shape index (κ2) is 6.46. The fourth-order valence-electron chi connectivity index (χ4n) is 3.18. The zero-order valence-corrected chi connectivity index (χ0v) is 13.6. The number of nitrogens with two attached hydrogens (primary N) is 2. The van der Waals surface area contributed by atoms with Crippen LogP contribution in [0.15, 0.2) is 18.2 Å². The van der Waals surface area contributed by atoms with E-state index in [1.807, 2.05) is 6.07 Å². The molecular weight excluding hydrogens is 347 g/mol. The molecule has 1 heterocycles. The number of nitrogen functional groups attached to an aromatic ring is 1. The van der Waals surface area contributed by atoms with Crippen molar-refractivity contribution >= 4 is 5.82 Å². The summed E-state index contributed by atoms with van der Waals surface area (Å²) in [6, 6.07) is 4.38. The summed E-state index contributed by atoms with van der Waals surface area (Å²) in [5, 5.41) is 19.3. The molecule has 2 unspecified atom stereocenters. The third kappa shape index (κ3) is 3.28. The molecule has 0 aliphatic heterocycles. The average molecular weight is 363 g/mol. The van der Waals surface area contributed by atoms with Gasteiger partial charge in [-0.2, -0.15) is 18.4 Å². The molecule has 1 aromatic heterocycles. The first-order chi connectivity index (χ1) is 12.2. The van der Waals surface area contributed by atoms with Gasteiger partial charge in [0.15, 0.2) is 5.82 Å². The summed E-state index contributed by atoms with van der Waals surface area (Å²) in [6.45, 7) is 0. The van der Waals surface area contributed by atoms with E-state index in [9.17, 15) is 23.5 Å². The van der Waals surface area contributed by atoms with E-state index in [0.29, 0.717) is 18.5 Å². The molecule has 26 heavy (non-hydrogen) atoms. The summed E-state index contributed by atoms with van der Waals surface area (Å²) in [5.74, 6) is -0.821. The third-order valence-electron chi connectivity index (χ3n) is 4.50. The van der Waals surface area contributed by atoms with Crippen LogP contribution in [0.1, 0.15) is 42.0 Å². The van der Waals surface area contributed by atoms with Crippen molar-refractivity contribution < 1.29 is 18.3 Å². The lowest BCUT2D eigenvalue weighted by atomic mass is 9.98. The Hall–Kier alpha value is -2.86. The molecular formula is C17H16F3N5O. The van der Waals surface area contributed by atoms with E-state index in [1.54, 1.807) is 0 Å².